The van der Waals surface area contributed by atoms with E-state index in [9.17, 15) is 19.2 Å². The molecule has 3 rings (SSSR count). The van der Waals surface area contributed by atoms with Crippen molar-refractivity contribution in [3.63, 3.8) is 0 Å². The third-order valence-electron chi connectivity index (χ3n) is 4.97. The molecule has 3 aromatic rings. The van der Waals surface area contributed by atoms with E-state index in [4.69, 9.17) is 4.74 Å². The van der Waals surface area contributed by atoms with Crippen molar-refractivity contribution in [2.75, 3.05) is 11.9 Å². The highest BCUT2D eigenvalue weighted by Crippen LogP contribution is 2.19. The smallest absolute Gasteiger partial charge is 0.339 e. The summed E-state index contributed by atoms with van der Waals surface area (Å²) in [6, 6.07) is 7.01. The van der Waals surface area contributed by atoms with Gasteiger partial charge in [0, 0.05) is 18.4 Å². The van der Waals surface area contributed by atoms with Crippen molar-refractivity contribution in [3.8, 4) is 0 Å². The Morgan fingerprint density at radius 2 is 1.77 bits per heavy atom. The molecule has 2 heterocycles. The SMILES string of the molecule is CCOC(=O)c1cc(C)nc2c1c(=O)n(CC(=O)Nc1c(C)cccc1C)c(=O)n2C. The minimum Gasteiger partial charge on any atom is -0.462 e. The van der Waals surface area contributed by atoms with Crippen LogP contribution in [0.15, 0.2) is 33.9 Å². The summed E-state index contributed by atoms with van der Waals surface area (Å²) >= 11 is 0. The lowest BCUT2D eigenvalue weighted by molar-refractivity contribution is -0.116. The van der Waals surface area contributed by atoms with Crippen LogP contribution in [0, 0.1) is 20.8 Å². The minimum atomic E-state index is -0.773. The van der Waals surface area contributed by atoms with Crippen LogP contribution in [0.5, 0.6) is 0 Å². The number of fused-ring (bicyclic) bond motifs is 1. The van der Waals surface area contributed by atoms with Gasteiger partial charge in [0.05, 0.1) is 17.6 Å². The summed E-state index contributed by atoms with van der Waals surface area (Å²) in [6.45, 7) is 6.62. The van der Waals surface area contributed by atoms with Crippen molar-refractivity contribution < 1.29 is 14.3 Å². The molecule has 2 aromatic heterocycles. The number of benzene rings is 1. The molecule has 0 saturated heterocycles. The number of hydrogen-bond donors (Lipinski definition) is 1. The molecule has 0 aliphatic rings. The number of nitrogens with zero attached hydrogens (tertiary/aromatic N) is 3. The van der Waals surface area contributed by atoms with Gasteiger partial charge in [-0.25, -0.2) is 14.6 Å². The lowest BCUT2D eigenvalue weighted by Crippen LogP contribution is -2.42. The van der Waals surface area contributed by atoms with E-state index < -0.39 is 29.7 Å². The van der Waals surface area contributed by atoms with E-state index in [2.05, 4.69) is 10.3 Å². The summed E-state index contributed by atoms with van der Waals surface area (Å²) in [4.78, 5) is 55.4. The molecule has 0 saturated carbocycles. The molecule has 0 fully saturated rings. The number of carbonyl (C=O) groups excluding carboxylic acids is 2. The highest BCUT2D eigenvalue weighted by atomic mass is 16.5. The fourth-order valence-corrected chi connectivity index (χ4v) is 3.45. The average Bonchev–Trinajstić information content (AvgIpc) is 2.72. The minimum absolute atomic E-state index is 0.00820. The Hall–Kier alpha value is -3.75. The van der Waals surface area contributed by atoms with Gasteiger partial charge in [-0.2, -0.15) is 0 Å². The van der Waals surface area contributed by atoms with E-state index in [1.54, 1.807) is 13.8 Å². The number of nitrogens with one attached hydrogen (secondary N) is 1. The second-order valence-corrected chi connectivity index (χ2v) is 7.28. The van der Waals surface area contributed by atoms with Gasteiger partial charge in [0.1, 0.15) is 12.2 Å². The first-order valence-electron chi connectivity index (χ1n) is 9.80. The quantitative estimate of drug-likeness (QED) is 0.626. The van der Waals surface area contributed by atoms with Crippen molar-refractivity contribution in [2.24, 2.45) is 7.05 Å². The van der Waals surface area contributed by atoms with Crippen molar-refractivity contribution in [2.45, 2.75) is 34.2 Å². The Morgan fingerprint density at radius 1 is 1.13 bits per heavy atom. The van der Waals surface area contributed by atoms with Crippen LogP contribution in [0.2, 0.25) is 0 Å². The van der Waals surface area contributed by atoms with E-state index in [1.807, 2.05) is 32.0 Å². The number of aryl methyl sites for hydroxylation is 4. The molecule has 1 N–H and O–H groups in total. The van der Waals surface area contributed by atoms with Gasteiger partial charge in [-0.3, -0.25) is 18.7 Å². The zero-order chi connectivity index (χ0) is 22.9. The van der Waals surface area contributed by atoms with E-state index in [0.717, 1.165) is 20.3 Å². The van der Waals surface area contributed by atoms with Gasteiger partial charge in [0.2, 0.25) is 5.91 Å². The van der Waals surface area contributed by atoms with Crippen LogP contribution in [0.4, 0.5) is 5.69 Å². The number of ether oxygens (including phenoxy) is 1. The number of pyridine rings is 1. The van der Waals surface area contributed by atoms with Gasteiger partial charge in [-0.1, -0.05) is 18.2 Å². The zero-order valence-electron chi connectivity index (χ0n) is 18.1. The maximum atomic E-state index is 13.2. The topological polar surface area (TPSA) is 112 Å². The molecule has 0 unspecified atom stereocenters. The number of anilines is 1. The van der Waals surface area contributed by atoms with Crippen molar-refractivity contribution in [1.82, 2.24) is 14.1 Å². The largest absolute Gasteiger partial charge is 0.462 e. The first-order valence-corrected chi connectivity index (χ1v) is 9.80. The number of rotatable bonds is 5. The van der Waals surface area contributed by atoms with E-state index in [-0.39, 0.29) is 23.2 Å². The van der Waals surface area contributed by atoms with Gasteiger partial charge in [-0.05, 0) is 44.9 Å². The number of amides is 1. The summed E-state index contributed by atoms with van der Waals surface area (Å²) in [5, 5.41) is 2.70. The summed E-state index contributed by atoms with van der Waals surface area (Å²) in [7, 11) is 1.44. The highest BCUT2D eigenvalue weighted by molar-refractivity contribution is 6.02. The standard InChI is InChI=1S/C22H24N4O5/c1-6-31-21(29)15-10-14(4)23-19-17(15)20(28)26(22(30)25(19)5)11-16(27)24-18-12(2)8-7-9-13(18)3/h7-10H,6,11H2,1-5H3,(H,24,27). The molecule has 0 atom stereocenters. The Bertz CT molecular complexity index is 1300. The Labute approximate surface area is 178 Å². The second-order valence-electron chi connectivity index (χ2n) is 7.28. The van der Waals surface area contributed by atoms with Gasteiger partial charge >= 0.3 is 11.7 Å². The van der Waals surface area contributed by atoms with Crippen LogP contribution in [-0.4, -0.2) is 32.6 Å². The second kappa shape index (κ2) is 8.55. The molecular formula is C22H24N4O5. The molecule has 9 nitrogen and oxygen atoms in total. The van der Waals surface area contributed by atoms with Crippen LogP contribution in [0.3, 0.4) is 0 Å². The van der Waals surface area contributed by atoms with Crippen LogP contribution in [0.1, 0.15) is 34.1 Å². The fraction of sp³-hybridized carbons (Fsp3) is 0.318. The molecule has 9 heteroatoms. The third kappa shape index (κ3) is 4.11. The lowest BCUT2D eigenvalue weighted by Gasteiger charge is -2.14. The van der Waals surface area contributed by atoms with Gasteiger partial charge < -0.3 is 10.1 Å². The van der Waals surface area contributed by atoms with Crippen LogP contribution in [-0.2, 0) is 23.1 Å². The normalized spacial score (nSPS) is 10.9. The predicted octanol–water partition coefficient (Wildman–Crippen LogP) is 1.84. The average molecular weight is 424 g/mol. The molecule has 0 radical (unpaired) electrons. The first-order chi connectivity index (χ1) is 14.6. The van der Waals surface area contributed by atoms with Crippen molar-refractivity contribution in [1.29, 1.82) is 0 Å². The van der Waals surface area contributed by atoms with Crippen molar-refractivity contribution in [3.05, 3.63) is 67.5 Å². The zero-order valence-corrected chi connectivity index (χ0v) is 18.1. The van der Waals surface area contributed by atoms with Crippen LogP contribution < -0.4 is 16.6 Å². The number of hydrogen-bond acceptors (Lipinski definition) is 6. The molecule has 0 aliphatic carbocycles. The number of aromatic nitrogens is 3. The molecule has 0 aliphatic heterocycles. The van der Waals surface area contributed by atoms with Crippen LogP contribution >= 0.6 is 0 Å². The van der Waals surface area contributed by atoms with Crippen LogP contribution in [0.25, 0.3) is 11.0 Å². The summed E-state index contributed by atoms with van der Waals surface area (Å²) in [5.41, 5.74) is 1.39. The summed E-state index contributed by atoms with van der Waals surface area (Å²) in [5.74, 6) is -1.23. The number of carbonyl (C=O) groups is 2. The van der Waals surface area contributed by atoms with Gasteiger partial charge in [0.15, 0.2) is 0 Å². The number of esters is 1. The molecule has 31 heavy (non-hydrogen) atoms. The van der Waals surface area contributed by atoms with E-state index >= 15 is 0 Å². The summed E-state index contributed by atoms with van der Waals surface area (Å²) in [6.07, 6.45) is 0. The monoisotopic (exact) mass is 424 g/mol. The van der Waals surface area contributed by atoms with Gasteiger partial charge in [-0.15, -0.1) is 0 Å². The molecule has 0 spiro atoms. The Balaban J connectivity index is 2.13. The van der Waals surface area contributed by atoms with E-state index in [1.165, 1.54) is 13.1 Å². The van der Waals surface area contributed by atoms with E-state index in [0.29, 0.717) is 11.4 Å². The lowest BCUT2D eigenvalue weighted by atomic mass is 10.1. The Kier molecular flexibility index (Phi) is 6.05. The maximum Gasteiger partial charge on any atom is 0.339 e. The molecule has 0 bridgehead atoms. The molecule has 162 valence electrons. The fourth-order valence-electron chi connectivity index (χ4n) is 3.45. The third-order valence-corrected chi connectivity index (χ3v) is 4.97. The maximum absolute atomic E-state index is 13.2. The van der Waals surface area contributed by atoms with Gasteiger partial charge in [0.25, 0.3) is 5.56 Å². The summed E-state index contributed by atoms with van der Waals surface area (Å²) < 4.78 is 7.01. The Morgan fingerprint density at radius 3 is 2.39 bits per heavy atom. The molecule has 1 amide bonds. The molecule has 1 aromatic carbocycles. The van der Waals surface area contributed by atoms with Crippen molar-refractivity contribution >= 4 is 28.6 Å². The molecular weight excluding hydrogens is 400 g/mol. The first kappa shape index (κ1) is 21.9. The highest BCUT2D eigenvalue weighted by Gasteiger charge is 2.22. The number of para-hydroxylation sites is 1. The predicted molar refractivity (Wildman–Crippen MR) is 116 cm³/mol.